The maximum atomic E-state index is 12.3. The zero-order valence-electron chi connectivity index (χ0n) is 14.2. The van der Waals surface area contributed by atoms with E-state index in [9.17, 15) is 4.79 Å². The molecule has 5 nitrogen and oxygen atoms in total. The first-order chi connectivity index (χ1) is 11.7. The van der Waals surface area contributed by atoms with Gasteiger partial charge >= 0.3 is 0 Å². The minimum atomic E-state index is 0. The minimum absolute atomic E-state index is 0. The highest BCUT2D eigenvalue weighted by atomic mass is 35.5. The number of aromatic nitrogens is 1. The number of halogens is 1. The number of amides is 1. The number of benzene rings is 1. The number of hydrogen-bond acceptors (Lipinski definition) is 4. The molecule has 2 heterocycles. The molecule has 3 N–H and O–H groups in total. The standard InChI is InChI=1S/C19H24N4O.ClH/c20-13-15-1-3-17(4-2-15)19(24)22-18-7-11-23(12-8-18)14-16-5-9-21-10-6-16;/h1-6,9-10,18H,7-8,11-14,20H2,(H,22,24);1H. The average molecular weight is 361 g/mol. The smallest absolute Gasteiger partial charge is 0.251 e. The Morgan fingerprint density at radius 2 is 1.72 bits per heavy atom. The van der Waals surface area contributed by atoms with Gasteiger partial charge in [0.25, 0.3) is 5.91 Å². The van der Waals surface area contributed by atoms with E-state index in [4.69, 9.17) is 5.73 Å². The Hall–Kier alpha value is -1.95. The van der Waals surface area contributed by atoms with Crippen LogP contribution in [0, 0.1) is 0 Å². The van der Waals surface area contributed by atoms with E-state index in [1.54, 1.807) is 0 Å². The summed E-state index contributed by atoms with van der Waals surface area (Å²) in [4.78, 5) is 18.8. The molecule has 0 aliphatic carbocycles. The molecule has 1 aliphatic rings. The molecule has 0 atom stereocenters. The van der Waals surface area contributed by atoms with Crippen molar-refractivity contribution in [3.8, 4) is 0 Å². The lowest BCUT2D eigenvalue weighted by Gasteiger charge is -2.32. The first-order valence-electron chi connectivity index (χ1n) is 8.46. The number of carbonyl (C=O) groups excluding carboxylic acids is 1. The van der Waals surface area contributed by atoms with Crippen molar-refractivity contribution in [1.82, 2.24) is 15.2 Å². The molecule has 3 rings (SSSR count). The van der Waals surface area contributed by atoms with E-state index < -0.39 is 0 Å². The molecule has 1 saturated heterocycles. The molecule has 0 bridgehead atoms. The molecular formula is C19H25ClN4O. The van der Waals surface area contributed by atoms with Gasteiger partial charge in [0.1, 0.15) is 0 Å². The number of likely N-dealkylation sites (tertiary alicyclic amines) is 1. The first kappa shape index (κ1) is 19.4. The number of pyridine rings is 1. The van der Waals surface area contributed by atoms with Gasteiger partial charge in [-0.3, -0.25) is 14.7 Å². The van der Waals surface area contributed by atoms with Gasteiger partial charge in [-0.15, -0.1) is 12.4 Å². The second-order valence-electron chi connectivity index (χ2n) is 6.28. The summed E-state index contributed by atoms with van der Waals surface area (Å²) >= 11 is 0. The van der Waals surface area contributed by atoms with Crippen LogP contribution in [0.3, 0.4) is 0 Å². The number of piperidine rings is 1. The van der Waals surface area contributed by atoms with E-state index in [2.05, 4.69) is 27.3 Å². The molecule has 1 amide bonds. The van der Waals surface area contributed by atoms with E-state index in [-0.39, 0.29) is 24.4 Å². The van der Waals surface area contributed by atoms with E-state index in [0.717, 1.165) is 38.0 Å². The van der Waals surface area contributed by atoms with Crippen LogP contribution in [-0.4, -0.2) is 34.9 Å². The monoisotopic (exact) mass is 360 g/mol. The number of nitrogens with zero attached hydrogens (tertiary/aromatic N) is 2. The predicted molar refractivity (Wildman–Crippen MR) is 102 cm³/mol. The number of nitrogens with one attached hydrogen (secondary N) is 1. The van der Waals surface area contributed by atoms with Crippen LogP contribution in [0.4, 0.5) is 0 Å². The molecule has 0 spiro atoms. The molecular weight excluding hydrogens is 336 g/mol. The molecule has 2 aromatic rings. The third-order valence-corrected chi connectivity index (χ3v) is 4.53. The van der Waals surface area contributed by atoms with Crippen LogP contribution in [0.25, 0.3) is 0 Å². The van der Waals surface area contributed by atoms with Crippen LogP contribution in [0.1, 0.15) is 34.3 Å². The maximum Gasteiger partial charge on any atom is 0.251 e. The maximum absolute atomic E-state index is 12.3. The van der Waals surface area contributed by atoms with E-state index in [1.165, 1.54) is 5.56 Å². The molecule has 0 radical (unpaired) electrons. The van der Waals surface area contributed by atoms with Gasteiger partial charge in [-0.1, -0.05) is 12.1 Å². The largest absolute Gasteiger partial charge is 0.349 e. The third kappa shape index (κ3) is 5.53. The van der Waals surface area contributed by atoms with E-state index >= 15 is 0 Å². The van der Waals surface area contributed by atoms with Crippen molar-refractivity contribution >= 4 is 18.3 Å². The molecule has 0 unspecified atom stereocenters. The third-order valence-electron chi connectivity index (χ3n) is 4.53. The molecule has 1 aromatic heterocycles. The molecule has 134 valence electrons. The summed E-state index contributed by atoms with van der Waals surface area (Å²) in [6, 6.07) is 11.9. The quantitative estimate of drug-likeness (QED) is 0.858. The Morgan fingerprint density at radius 1 is 1.08 bits per heavy atom. The SMILES string of the molecule is Cl.NCc1ccc(C(=O)NC2CCN(Cc3ccncc3)CC2)cc1. The van der Waals surface area contributed by atoms with Gasteiger partial charge in [-0.2, -0.15) is 0 Å². The van der Waals surface area contributed by atoms with Crippen molar-refractivity contribution in [2.45, 2.75) is 32.0 Å². The van der Waals surface area contributed by atoms with Crippen LogP contribution in [0.2, 0.25) is 0 Å². The van der Waals surface area contributed by atoms with E-state index in [1.807, 2.05) is 36.7 Å². The summed E-state index contributed by atoms with van der Waals surface area (Å²) in [5.41, 5.74) is 8.61. The summed E-state index contributed by atoms with van der Waals surface area (Å²) in [5, 5.41) is 3.15. The van der Waals surface area contributed by atoms with Crippen molar-refractivity contribution in [3.05, 3.63) is 65.5 Å². The highest BCUT2D eigenvalue weighted by Crippen LogP contribution is 2.14. The zero-order chi connectivity index (χ0) is 16.8. The molecule has 0 saturated carbocycles. The van der Waals surface area contributed by atoms with Gasteiger partial charge in [-0.05, 0) is 48.2 Å². The van der Waals surface area contributed by atoms with Gasteiger partial charge in [0.05, 0.1) is 0 Å². The molecule has 1 aromatic carbocycles. The minimum Gasteiger partial charge on any atom is -0.349 e. The second kappa shape index (κ2) is 9.51. The van der Waals surface area contributed by atoms with E-state index in [0.29, 0.717) is 12.1 Å². The second-order valence-corrected chi connectivity index (χ2v) is 6.28. The predicted octanol–water partition coefficient (Wildman–Crippen LogP) is 2.36. The van der Waals surface area contributed by atoms with Gasteiger partial charge < -0.3 is 11.1 Å². The Kier molecular flexibility index (Phi) is 7.37. The van der Waals surface area contributed by atoms with Gasteiger partial charge in [0, 0.05) is 50.2 Å². The fraction of sp³-hybridized carbons (Fsp3) is 0.368. The summed E-state index contributed by atoms with van der Waals surface area (Å²) in [6.07, 6.45) is 5.63. The van der Waals surface area contributed by atoms with Crippen LogP contribution >= 0.6 is 12.4 Å². The van der Waals surface area contributed by atoms with Crippen LogP contribution < -0.4 is 11.1 Å². The number of carbonyl (C=O) groups is 1. The Bertz CT molecular complexity index is 655. The lowest BCUT2D eigenvalue weighted by atomic mass is 10.0. The van der Waals surface area contributed by atoms with Crippen molar-refractivity contribution in [1.29, 1.82) is 0 Å². The molecule has 25 heavy (non-hydrogen) atoms. The summed E-state index contributed by atoms with van der Waals surface area (Å²) < 4.78 is 0. The Balaban J connectivity index is 0.00000225. The average Bonchev–Trinajstić information content (AvgIpc) is 2.64. The van der Waals surface area contributed by atoms with Crippen LogP contribution in [0.5, 0.6) is 0 Å². The first-order valence-corrected chi connectivity index (χ1v) is 8.46. The molecule has 1 fully saturated rings. The number of hydrogen-bond donors (Lipinski definition) is 2. The summed E-state index contributed by atoms with van der Waals surface area (Å²) in [6.45, 7) is 3.44. The van der Waals surface area contributed by atoms with Crippen molar-refractivity contribution in [2.75, 3.05) is 13.1 Å². The van der Waals surface area contributed by atoms with Gasteiger partial charge in [0.2, 0.25) is 0 Å². The van der Waals surface area contributed by atoms with Crippen molar-refractivity contribution in [3.63, 3.8) is 0 Å². The number of nitrogens with two attached hydrogens (primary N) is 1. The van der Waals surface area contributed by atoms with Crippen LogP contribution in [0.15, 0.2) is 48.8 Å². The van der Waals surface area contributed by atoms with Gasteiger partial charge in [-0.25, -0.2) is 0 Å². The number of rotatable bonds is 5. The lowest BCUT2D eigenvalue weighted by Crippen LogP contribution is -2.44. The highest BCUT2D eigenvalue weighted by molar-refractivity contribution is 5.94. The summed E-state index contributed by atoms with van der Waals surface area (Å²) in [5.74, 6) is 0.00570. The highest BCUT2D eigenvalue weighted by Gasteiger charge is 2.21. The Morgan fingerprint density at radius 3 is 2.32 bits per heavy atom. The summed E-state index contributed by atoms with van der Waals surface area (Å²) in [7, 11) is 0. The zero-order valence-corrected chi connectivity index (χ0v) is 15.0. The molecule has 1 aliphatic heterocycles. The van der Waals surface area contributed by atoms with Crippen molar-refractivity contribution in [2.24, 2.45) is 5.73 Å². The normalized spacial score (nSPS) is 15.4. The fourth-order valence-electron chi connectivity index (χ4n) is 3.04. The topological polar surface area (TPSA) is 71.2 Å². The fourth-order valence-corrected chi connectivity index (χ4v) is 3.04. The Labute approximate surface area is 155 Å². The van der Waals surface area contributed by atoms with Crippen LogP contribution in [-0.2, 0) is 13.1 Å². The van der Waals surface area contributed by atoms with Crippen molar-refractivity contribution < 1.29 is 4.79 Å². The molecule has 6 heteroatoms. The van der Waals surface area contributed by atoms with Gasteiger partial charge in [0.15, 0.2) is 0 Å². The lowest BCUT2D eigenvalue weighted by molar-refractivity contribution is 0.0909.